The summed E-state index contributed by atoms with van der Waals surface area (Å²) in [4.78, 5) is 106. The lowest BCUT2D eigenvalue weighted by molar-refractivity contribution is -0.283. The van der Waals surface area contributed by atoms with Gasteiger partial charge < -0.3 is 44.1 Å². The molecule has 0 unspecified atom stereocenters. The summed E-state index contributed by atoms with van der Waals surface area (Å²) in [7, 11) is 0. The average Bonchev–Trinajstić information content (AvgIpc) is 0.739. The third kappa shape index (κ3) is 36.5. The quantitative estimate of drug-likeness (QED) is 0.0484. The van der Waals surface area contributed by atoms with E-state index >= 15 is 0 Å². The topological polar surface area (TPSA) is 195 Å². The van der Waals surface area contributed by atoms with Crippen LogP contribution in [0.1, 0.15) is 512 Å². The minimum atomic E-state index is -0.337. The highest BCUT2D eigenvalue weighted by atomic mass is 16.7. The first-order chi connectivity index (χ1) is 69.8. The van der Waals surface area contributed by atoms with Gasteiger partial charge >= 0.3 is 0 Å². The molecule has 0 spiro atoms. The summed E-state index contributed by atoms with van der Waals surface area (Å²) in [5.41, 5.74) is -2.98. The summed E-state index contributed by atoms with van der Waals surface area (Å²) < 4.78 is 0. The summed E-state index contributed by atoms with van der Waals surface area (Å²) >= 11 is 0. The van der Waals surface area contributed by atoms with E-state index in [2.05, 4.69) is 311 Å². The Labute approximate surface area is 902 Å². The first kappa shape index (κ1) is 127. The van der Waals surface area contributed by atoms with Crippen LogP contribution in [-0.4, -0.2) is 269 Å². The molecule has 3 aromatic rings. The Morgan fingerprint density at radius 3 is 0.551 bits per heavy atom. The highest BCUT2D eigenvalue weighted by molar-refractivity contribution is 5.57. The second-order valence-electron chi connectivity index (χ2n) is 51.6. The lowest BCUT2D eigenvalue weighted by atomic mass is 9.78. The van der Waals surface area contributed by atoms with Crippen LogP contribution in [0, 0.1) is 0 Å². The van der Waals surface area contributed by atoms with Gasteiger partial charge in [-0.25, -0.2) is 0 Å². The maximum Gasteiger partial charge on any atom is 0.232 e. The molecule has 147 heavy (non-hydrogen) atoms. The average molecular weight is 2060 g/mol. The fourth-order valence-electron chi connectivity index (χ4n) is 25.9. The van der Waals surface area contributed by atoms with E-state index in [1.807, 2.05) is 0 Å². The summed E-state index contributed by atoms with van der Waals surface area (Å²) in [6.45, 7) is 95.7. The van der Waals surface area contributed by atoms with Crippen molar-refractivity contribution in [2.75, 3.05) is 162 Å². The number of aromatic nitrogens is 8. The monoisotopic (exact) mass is 2060 g/mol. The zero-order valence-corrected chi connectivity index (χ0v) is 102. The number of hydrogen-bond donors (Lipinski definition) is 0. The zero-order chi connectivity index (χ0) is 108. The summed E-state index contributed by atoms with van der Waals surface area (Å²) in [5, 5.41) is 11.8. The van der Waals surface area contributed by atoms with Crippen molar-refractivity contribution in [1.29, 1.82) is 0 Å². The van der Waals surface area contributed by atoms with Crippen LogP contribution >= 0.6 is 0 Å². The molecule has 0 atom stereocenters. The molecule has 0 aliphatic carbocycles. The van der Waals surface area contributed by atoms with E-state index < -0.39 is 0 Å². The van der Waals surface area contributed by atoms with Gasteiger partial charge in [0.25, 0.3) is 0 Å². The van der Waals surface area contributed by atoms with Crippen molar-refractivity contribution in [1.82, 2.24) is 65.2 Å². The highest BCUT2D eigenvalue weighted by Crippen LogP contribution is 2.50. The standard InChI is InChI=1S/C120H230N22O5/c1-35-49-68-129(69-50-36-2)102-86-103(130(70-51-37-3)71-52-38-4)122-106(121-102)134(98-89-111(15,16)138(143-81-46-12)112(17,18)90-98)77-64-60-61-66-79-136(100-91-113(19,20)139(144-82-47-13)114(21,22)92-100)109-126-108(133(76-57-43-9)97-87-117(27,28)141(118(29,30)88-97)146-84-58-44-10)127-110(128-109)137(101-93-115(23,24)140(145-83-48-14)116(25,26)94-101)80-67-63-62-65-78-135(99-95-119(31,32)142(120(33,34)96-99)147-85-59-45-11)107-124-104(131(72-53-39-5)73-54-40-6)123-105(125-107)132(74-55-41-7)75-56-42-8/h86,97-101H,35-85,87-96H2,1-34H3. The summed E-state index contributed by atoms with van der Waals surface area (Å²) in [6.07, 6.45) is 43.9. The molecule has 0 amide bonds. The van der Waals surface area contributed by atoms with E-state index in [0.717, 1.165) is 421 Å². The molecule has 3 aromatic heterocycles. The molecular formula is C120H230N22O5. The van der Waals surface area contributed by atoms with Gasteiger partial charge in [-0.05, 0) is 318 Å². The van der Waals surface area contributed by atoms with Crippen molar-refractivity contribution in [3.8, 4) is 0 Å². The molecule has 27 nitrogen and oxygen atoms in total. The highest BCUT2D eigenvalue weighted by Gasteiger charge is 2.55. The summed E-state index contributed by atoms with van der Waals surface area (Å²) in [6, 6.07) is 2.92. The van der Waals surface area contributed by atoms with Crippen molar-refractivity contribution in [3.63, 3.8) is 0 Å². The molecule has 0 radical (unpaired) electrons. The molecule has 5 saturated heterocycles. The molecule has 8 rings (SSSR count). The van der Waals surface area contributed by atoms with Crippen molar-refractivity contribution in [3.05, 3.63) is 6.07 Å². The van der Waals surface area contributed by atoms with Crippen LogP contribution in [0.25, 0.3) is 0 Å². The van der Waals surface area contributed by atoms with Gasteiger partial charge in [0.15, 0.2) is 0 Å². The van der Waals surface area contributed by atoms with Gasteiger partial charge in [-0.1, -0.05) is 193 Å². The molecule has 5 fully saturated rings. The molecule has 0 N–H and O–H groups in total. The molecule has 5 aliphatic rings. The smallest absolute Gasteiger partial charge is 0.232 e. The Hall–Kier alpha value is -5.10. The fraction of sp³-hybridized carbons (Fsp3) is 0.917. The molecule has 0 bridgehead atoms. The molecule has 27 heteroatoms. The van der Waals surface area contributed by atoms with Crippen LogP contribution in [0.15, 0.2) is 6.07 Å². The Morgan fingerprint density at radius 1 is 0.190 bits per heavy atom. The number of hydrogen-bond acceptors (Lipinski definition) is 27. The van der Waals surface area contributed by atoms with Gasteiger partial charge in [0, 0.05) is 177 Å². The predicted octanol–water partition coefficient (Wildman–Crippen LogP) is 28.4. The van der Waals surface area contributed by atoms with Crippen molar-refractivity contribution in [2.45, 2.75) is 597 Å². The molecule has 5 aliphatic heterocycles. The van der Waals surface area contributed by atoms with E-state index in [1.165, 1.54) is 0 Å². The molecule has 0 saturated carbocycles. The van der Waals surface area contributed by atoms with E-state index in [9.17, 15) is 0 Å². The van der Waals surface area contributed by atoms with Gasteiger partial charge in [-0.2, -0.15) is 65.2 Å². The van der Waals surface area contributed by atoms with Crippen LogP contribution in [0.3, 0.4) is 0 Å². The van der Waals surface area contributed by atoms with Gasteiger partial charge in [0.1, 0.15) is 11.6 Å². The fourth-order valence-corrected chi connectivity index (χ4v) is 25.9. The van der Waals surface area contributed by atoms with Crippen LogP contribution in [0.4, 0.5) is 53.3 Å². The van der Waals surface area contributed by atoms with Crippen LogP contribution < -0.4 is 44.1 Å². The Balaban J connectivity index is 1.31. The summed E-state index contributed by atoms with van der Waals surface area (Å²) in [5.74, 6) is 7.93. The van der Waals surface area contributed by atoms with E-state index in [4.69, 9.17) is 64.1 Å². The zero-order valence-electron chi connectivity index (χ0n) is 102. The maximum absolute atomic E-state index is 6.97. The van der Waals surface area contributed by atoms with Crippen molar-refractivity contribution < 1.29 is 24.2 Å². The van der Waals surface area contributed by atoms with Gasteiger partial charge in [-0.3, -0.25) is 24.2 Å². The normalized spacial score (nSPS) is 19.8. The van der Waals surface area contributed by atoms with E-state index in [0.29, 0.717) is 26.4 Å². The van der Waals surface area contributed by atoms with Crippen LogP contribution in [0.2, 0.25) is 0 Å². The number of hydroxylamine groups is 10. The molecular weight excluding hydrogens is 1830 g/mol. The lowest BCUT2D eigenvalue weighted by Gasteiger charge is -2.56. The Bertz CT molecular complexity index is 3870. The van der Waals surface area contributed by atoms with Crippen molar-refractivity contribution in [2.24, 2.45) is 0 Å². The second-order valence-corrected chi connectivity index (χ2v) is 51.6. The van der Waals surface area contributed by atoms with Crippen LogP contribution in [-0.2, 0) is 24.2 Å². The third-order valence-electron chi connectivity index (χ3n) is 32.3. The number of piperidine rings is 5. The number of unbranched alkanes of at least 4 members (excludes halogenated alkanes) is 17. The lowest BCUT2D eigenvalue weighted by Crippen LogP contribution is -2.65. The van der Waals surface area contributed by atoms with Crippen LogP contribution in [0.5, 0.6) is 0 Å². The predicted molar refractivity (Wildman–Crippen MR) is 624 cm³/mol. The number of nitrogens with zero attached hydrogens (tertiary/aromatic N) is 22. The van der Waals surface area contributed by atoms with Gasteiger partial charge in [0.05, 0.1) is 33.0 Å². The largest absolute Gasteiger partial charge is 0.356 e. The van der Waals surface area contributed by atoms with Gasteiger partial charge in [0.2, 0.25) is 41.6 Å². The third-order valence-corrected chi connectivity index (χ3v) is 32.3. The first-order valence-electron chi connectivity index (χ1n) is 61.2. The molecule has 8 heterocycles. The first-order valence-corrected chi connectivity index (χ1v) is 61.2. The molecule has 0 aromatic carbocycles. The maximum atomic E-state index is 6.97. The number of rotatable bonds is 72. The number of anilines is 9. The minimum absolute atomic E-state index is 0.0604. The second kappa shape index (κ2) is 60.3. The Morgan fingerprint density at radius 2 is 0.354 bits per heavy atom. The Kier molecular flexibility index (Phi) is 52.1. The SMILES string of the molecule is CCCCON1C(C)(C)CC(N(CCCCCCN(c2nc(N(CCCCCCN(c3nc(N(CCCC)CCCC)cc(N(CCCC)CCCC)n3)C3CC(C)(C)N(OCCC)C(C)(C)C3)C3CC(C)(C)N(OCCC)C(C)(C)C3)nc(N(CCCC)C3CC(C)(C)N(OCCCC)C(C)(C)C3)n2)C2CC(C)(C)N(OCCC)C(C)(C)C2)c2nc(N(CCCC)CCCC)nc(N(CCCC)CCCC)n2)CC1(C)C. The van der Waals surface area contributed by atoms with Gasteiger partial charge in [-0.15, -0.1) is 0 Å². The minimum Gasteiger partial charge on any atom is -0.356 e. The van der Waals surface area contributed by atoms with E-state index in [1.54, 1.807) is 0 Å². The van der Waals surface area contributed by atoms with E-state index in [-0.39, 0.29) is 85.6 Å². The molecule has 850 valence electrons. The van der Waals surface area contributed by atoms with Crippen molar-refractivity contribution >= 4 is 53.3 Å².